The molecule has 10 nitrogen and oxygen atoms in total. The molecule has 0 saturated carbocycles. The van der Waals surface area contributed by atoms with E-state index in [-0.39, 0.29) is 36.0 Å². The molecule has 1 N–H and O–H groups in total. The molecule has 1 fully saturated rings. The minimum atomic E-state index is -5.14. The van der Waals surface area contributed by atoms with Crippen LogP contribution in [0.15, 0.2) is 24.3 Å². The van der Waals surface area contributed by atoms with E-state index in [0.717, 1.165) is 44.9 Å². The van der Waals surface area contributed by atoms with Gasteiger partial charge in [0, 0.05) is 6.42 Å². The van der Waals surface area contributed by atoms with Crippen LogP contribution in [-0.4, -0.2) is 67.7 Å². The number of esters is 3. The van der Waals surface area contributed by atoms with Gasteiger partial charge in [-0.3, -0.25) is 14.4 Å². The molecule has 12 heteroatoms. The van der Waals surface area contributed by atoms with Gasteiger partial charge in [-0.15, -0.1) is 0 Å². The van der Waals surface area contributed by atoms with E-state index in [9.17, 15) is 32.5 Å². The van der Waals surface area contributed by atoms with Crippen molar-refractivity contribution in [2.24, 2.45) is 5.41 Å². The summed E-state index contributed by atoms with van der Waals surface area (Å²) in [6, 6.07) is 0. The summed E-state index contributed by atoms with van der Waals surface area (Å²) in [6.07, 6.45) is 19.6. The van der Waals surface area contributed by atoms with Crippen LogP contribution < -0.4 is 29.6 Å². The topological polar surface area (TPSA) is 156 Å². The average molecular weight is 583 g/mol. The molecule has 0 radical (unpaired) electrons. The molecule has 0 spiro atoms. The monoisotopic (exact) mass is 582 g/mol. The van der Waals surface area contributed by atoms with Crippen molar-refractivity contribution in [3.05, 3.63) is 24.3 Å². The Morgan fingerprint density at radius 3 is 2.21 bits per heavy atom. The number of cyclic esters (lactones) is 2. The van der Waals surface area contributed by atoms with E-state index in [4.69, 9.17) is 14.2 Å². The van der Waals surface area contributed by atoms with E-state index in [1.54, 1.807) is 0 Å². The first-order valence-corrected chi connectivity index (χ1v) is 14.9. The number of carbonyl (C=O) groups excluding carboxylic acids is 3. The van der Waals surface area contributed by atoms with Gasteiger partial charge < -0.3 is 23.9 Å². The first-order valence-electron chi connectivity index (χ1n) is 13.5. The van der Waals surface area contributed by atoms with Crippen molar-refractivity contribution in [2.75, 3.05) is 26.4 Å². The van der Waals surface area contributed by atoms with Crippen LogP contribution in [0.25, 0.3) is 0 Å². The second-order valence-corrected chi connectivity index (χ2v) is 11.3. The van der Waals surface area contributed by atoms with Gasteiger partial charge in [-0.2, -0.15) is 0 Å². The summed E-state index contributed by atoms with van der Waals surface area (Å²) < 4.78 is 48.8. The Balaban J connectivity index is 0.0000144. The Morgan fingerprint density at radius 1 is 1.00 bits per heavy atom. The number of allylic oxidation sites excluding steroid dienone is 4. The van der Waals surface area contributed by atoms with E-state index >= 15 is 0 Å². The molecule has 39 heavy (non-hydrogen) atoms. The molecule has 218 valence electrons. The summed E-state index contributed by atoms with van der Waals surface area (Å²) in [7, 11) is -5.14. The van der Waals surface area contributed by atoms with E-state index in [0.29, 0.717) is 6.42 Å². The second-order valence-electron chi connectivity index (χ2n) is 9.75. The van der Waals surface area contributed by atoms with Crippen molar-refractivity contribution in [3.8, 4) is 0 Å². The predicted molar refractivity (Wildman–Crippen MR) is 140 cm³/mol. The van der Waals surface area contributed by atoms with Crippen molar-refractivity contribution in [1.29, 1.82) is 0 Å². The van der Waals surface area contributed by atoms with Crippen molar-refractivity contribution in [1.82, 2.24) is 0 Å². The van der Waals surface area contributed by atoms with Gasteiger partial charge in [-0.25, -0.2) is 8.42 Å². The fourth-order valence-electron chi connectivity index (χ4n) is 3.71. The first-order chi connectivity index (χ1) is 18.1. The van der Waals surface area contributed by atoms with Crippen LogP contribution in [0.3, 0.4) is 0 Å². The van der Waals surface area contributed by atoms with Gasteiger partial charge in [0.1, 0.15) is 29.9 Å². The van der Waals surface area contributed by atoms with Crippen LogP contribution in [0.1, 0.15) is 90.4 Å². The number of unbranched alkanes of at least 4 members (excludes halogenated alkanes) is 8. The maximum atomic E-state index is 12.2. The van der Waals surface area contributed by atoms with Gasteiger partial charge >= 0.3 is 47.5 Å². The molecule has 1 rings (SSSR count). The quantitative estimate of drug-likeness (QED) is 0.0610. The normalized spacial score (nSPS) is 20.5. The number of aliphatic hydroxyl groups excluding tert-OH is 1. The van der Waals surface area contributed by atoms with Crippen LogP contribution in [0.2, 0.25) is 0 Å². The van der Waals surface area contributed by atoms with Gasteiger partial charge in [-0.1, -0.05) is 63.3 Å². The molecule has 0 amide bonds. The predicted octanol–water partition coefficient (Wildman–Crippen LogP) is 0.730. The summed E-state index contributed by atoms with van der Waals surface area (Å²) in [5.74, 6) is -3.03. The van der Waals surface area contributed by atoms with Crippen molar-refractivity contribution in [3.63, 3.8) is 0 Å². The van der Waals surface area contributed by atoms with Gasteiger partial charge in [0.2, 0.25) is 0 Å². The van der Waals surface area contributed by atoms with Gasteiger partial charge in [0.05, 0.1) is 18.4 Å². The SMILES string of the molecule is CCCCC/C=C\C/C=C\CCCCCCCC(=O)OCC1(CO)COC(=O)CC(S(=O)(=O)[O-])C(=O)OC1.[Na+]. The molecule has 0 aliphatic carbocycles. The molecule has 2 atom stereocenters. The Kier molecular flexibility index (Phi) is 20.8. The van der Waals surface area contributed by atoms with E-state index in [2.05, 4.69) is 31.2 Å². The molecule has 0 bridgehead atoms. The minimum absolute atomic E-state index is 0. The van der Waals surface area contributed by atoms with E-state index in [1.807, 2.05) is 0 Å². The Labute approximate surface area is 255 Å². The standard InChI is InChI=1S/C27H44O10S.Na/c1-2-3-4-5-6-7-8-9-10-11-12-13-14-15-16-17-24(29)35-20-27(19-28)21-36-25(30)18-23(38(32,33)34)26(31)37-22-27;/h6-7,9-10,23,28H,2-5,8,11-22H2,1H3,(H,32,33,34);/q;+1/p-1/b7-6-,10-9-;. The van der Waals surface area contributed by atoms with E-state index < -0.39 is 71.5 Å². The zero-order chi connectivity index (χ0) is 28.3. The summed E-state index contributed by atoms with van der Waals surface area (Å²) in [6.45, 7) is 0.0717. The number of carbonyl (C=O) groups is 3. The molecule has 2 unspecified atom stereocenters. The van der Waals surface area contributed by atoms with Crippen LogP contribution in [0.5, 0.6) is 0 Å². The van der Waals surface area contributed by atoms with Gasteiger partial charge in [-0.05, 0) is 38.5 Å². The number of ether oxygens (including phenoxy) is 3. The molecule has 0 aromatic rings. The fourth-order valence-corrected chi connectivity index (χ4v) is 4.36. The van der Waals surface area contributed by atoms with Crippen molar-refractivity contribution in [2.45, 2.75) is 95.6 Å². The summed E-state index contributed by atoms with van der Waals surface area (Å²) in [5, 5.41) is 7.59. The maximum absolute atomic E-state index is 12.2. The third kappa shape index (κ3) is 17.2. The van der Waals surface area contributed by atoms with Crippen molar-refractivity contribution < 1.29 is 76.2 Å². The summed E-state index contributed by atoms with van der Waals surface area (Å²) in [4.78, 5) is 36.0. The molecule has 1 heterocycles. The Morgan fingerprint density at radius 2 is 1.59 bits per heavy atom. The van der Waals surface area contributed by atoms with Crippen LogP contribution >= 0.6 is 0 Å². The number of hydrogen-bond donors (Lipinski definition) is 1. The zero-order valence-corrected chi connectivity index (χ0v) is 26.3. The summed E-state index contributed by atoms with van der Waals surface area (Å²) >= 11 is 0. The Bertz CT molecular complexity index is 887. The third-order valence-electron chi connectivity index (χ3n) is 6.23. The van der Waals surface area contributed by atoms with Crippen LogP contribution in [0, 0.1) is 5.41 Å². The summed E-state index contributed by atoms with van der Waals surface area (Å²) in [5.41, 5.74) is -1.46. The van der Waals surface area contributed by atoms with Crippen LogP contribution in [0.4, 0.5) is 0 Å². The third-order valence-corrected chi connectivity index (χ3v) is 7.29. The van der Waals surface area contributed by atoms with Gasteiger partial charge in [0.25, 0.3) is 0 Å². The van der Waals surface area contributed by atoms with Crippen molar-refractivity contribution >= 4 is 28.0 Å². The average Bonchev–Trinajstić information content (AvgIpc) is 2.94. The first kappa shape index (κ1) is 37.8. The minimum Gasteiger partial charge on any atom is -0.747 e. The molecule has 1 aliphatic heterocycles. The molecule has 0 aromatic carbocycles. The largest absolute Gasteiger partial charge is 1.00 e. The fraction of sp³-hybridized carbons (Fsp3) is 0.741. The molecule has 0 aromatic heterocycles. The zero-order valence-electron chi connectivity index (χ0n) is 23.4. The number of rotatable bonds is 18. The number of aliphatic hydroxyl groups is 1. The molecule has 1 saturated heterocycles. The Hall–Kier alpha value is -1.24. The molecular weight excluding hydrogens is 539 g/mol. The van der Waals surface area contributed by atoms with Gasteiger partial charge in [0.15, 0.2) is 5.25 Å². The van der Waals surface area contributed by atoms with Crippen LogP contribution in [-0.2, 0) is 38.7 Å². The van der Waals surface area contributed by atoms with E-state index in [1.165, 1.54) is 19.3 Å². The number of hydrogen-bond acceptors (Lipinski definition) is 10. The molecular formula is C27H43NaO10S. The maximum Gasteiger partial charge on any atom is 1.00 e. The smallest absolute Gasteiger partial charge is 0.747 e. The molecule has 1 aliphatic rings. The second kappa shape index (κ2) is 21.5.